The normalized spacial score (nSPS) is 12.2. The van der Waals surface area contributed by atoms with Gasteiger partial charge in [0.15, 0.2) is 0 Å². The third-order valence-corrected chi connectivity index (χ3v) is 3.36. The number of nitro groups is 1. The summed E-state index contributed by atoms with van der Waals surface area (Å²) in [6.45, 7) is 4.69. The number of aromatic nitrogens is 2. The number of likely N-dealkylation sites (N-methyl/N-ethyl adjacent to an activating group) is 1. The summed E-state index contributed by atoms with van der Waals surface area (Å²) in [7, 11) is 1.91. The van der Waals surface area contributed by atoms with E-state index in [1.807, 2.05) is 25.8 Å². The van der Waals surface area contributed by atoms with Crippen molar-refractivity contribution < 1.29 is 10.0 Å². The van der Waals surface area contributed by atoms with Gasteiger partial charge in [0.1, 0.15) is 12.4 Å². The molecule has 1 atom stereocenters. The fourth-order valence-electron chi connectivity index (χ4n) is 2.41. The van der Waals surface area contributed by atoms with Crippen LogP contribution in [0.5, 0.6) is 0 Å². The second-order valence-electron chi connectivity index (χ2n) is 5.56. The molecule has 7 heteroatoms. The van der Waals surface area contributed by atoms with E-state index in [0.717, 1.165) is 5.69 Å². The van der Waals surface area contributed by atoms with Gasteiger partial charge < -0.3 is 10.0 Å². The van der Waals surface area contributed by atoms with Gasteiger partial charge in [0.05, 0.1) is 17.6 Å². The Hall–Kier alpha value is -2.41. The third-order valence-electron chi connectivity index (χ3n) is 3.36. The van der Waals surface area contributed by atoms with Gasteiger partial charge in [0, 0.05) is 19.3 Å². The molecule has 2 rings (SSSR count). The molecule has 0 saturated heterocycles. The molecule has 0 saturated carbocycles. The van der Waals surface area contributed by atoms with Gasteiger partial charge in [-0.25, -0.2) is 0 Å². The Bertz CT molecular complexity index is 648. The first-order chi connectivity index (χ1) is 10.3. The van der Waals surface area contributed by atoms with Gasteiger partial charge in [-0.3, -0.25) is 14.8 Å². The molecule has 0 aliphatic carbocycles. The number of benzene rings is 1. The summed E-state index contributed by atoms with van der Waals surface area (Å²) in [5, 5.41) is 24.6. The summed E-state index contributed by atoms with van der Waals surface area (Å²) in [6, 6.07) is 6.20. The molecule has 1 aromatic carbocycles. The van der Waals surface area contributed by atoms with Crippen LogP contribution in [0.1, 0.15) is 11.1 Å². The van der Waals surface area contributed by atoms with Gasteiger partial charge in [0.25, 0.3) is 0 Å². The molecule has 118 valence electrons. The second kappa shape index (κ2) is 6.57. The molecule has 0 radical (unpaired) electrons. The molecule has 0 amide bonds. The molecule has 1 aromatic heterocycles. The maximum absolute atomic E-state index is 10.6. The van der Waals surface area contributed by atoms with Crippen LogP contribution in [0.25, 0.3) is 0 Å². The lowest BCUT2D eigenvalue weighted by atomic mass is 10.1. The highest BCUT2D eigenvalue weighted by molar-refractivity contribution is 5.50. The molecular weight excluding hydrogens is 284 g/mol. The van der Waals surface area contributed by atoms with Crippen molar-refractivity contribution in [3.05, 3.63) is 51.8 Å². The van der Waals surface area contributed by atoms with Gasteiger partial charge in [-0.15, -0.1) is 0 Å². The zero-order valence-corrected chi connectivity index (χ0v) is 12.9. The lowest BCUT2D eigenvalue weighted by molar-refractivity contribution is -0.385. The third kappa shape index (κ3) is 4.05. The minimum absolute atomic E-state index is 0.0742. The molecule has 0 fully saturated rings. The topological polar surface area (TPSA) is 84.4 Å². The lowest BCUT2D eigenvalue weighted by Gasteiger charge is -2.23. The molecule has 2 aromatic rings. The van der Waals surface area contributed by atoms with E-state index in [0.29, 0.717) is 6.54 Å². The molecule has 0 spiro atoms. The van der Waals surface area contributed by atoms with E-state index in [9.17, 15) is 15.2 Å². The van der Waals surface area contributed by atoms with Crippen LogP contribution in [0.3, 0.4) is 0 Å². The van der Waals surface area contributed by atoms with E-state index in [2.05, 4.69) is 23.3 Å². The molecule has 1 heterocycles. The first-order valence-corrected chi connectivity index (χ1v) is 6.99. The maximum Gasteiger partial charge on any atom is 0.306 e. The molecule has 1 N–H and O–H groups in total. The smallest absolute Gasteiger partial charge is 0.306 e. The Kier molecular flexibility index (Phi) is 4.77. The lowest BCUT2D eigenvalue weighted by Crippen LogP contribution is -2.32. The summed E-state index contributed by atoms with van der Waals surface area (Å²) >= 11 is 0. The Morgan fingerprint density at radius 1 is 1.36 bits per heavy atom. The minimum Gasteiger partial charge on any atom is -0.389 e. The Labute approximate surface area is 128 Å². The first kappa shape index (κ1) is 16.0. The predicted octanol–water partition coefficient (Wildman–Crippen LogP) is 1.91. The Morgan fingerprint density at radius 2 is 2.00 bits per heavy atom. The van der Waals surface area contributed by atoms with Crippen LogP contribution < -0.4 is 4.90 Å². The van der Waals surface area contributed by atoms with Crippen LogP contribution in [-0.4, -0.2) is 39.5 Å². The molecular formula is C15H20N4O3. The van der Waals surface area contributed by atoms with E-state index < -0.39 is 11.0 Å². The molecule has 22 heavy (non-hydrogen) atoms. The van der Waals surface area contributed by atoms with Crippen molar-refractivity contribution in [2.24, 2.45) is 0 Å². The highest BCUT2D eigenvalue weighted by Crippen LogP contribution is 2.18. The summed E-state index contributed by atoms with van der Waals surface area (Å²) in [5.74, 6) is 0. The quantitative estimate of drug-likeness (QED) is 0.651. The summed E-state index contributed by atoms with van der Waals surface area (Å²) < 4.78 is 1.39. The number of nitrogens with zero attached hydrogens (tertiary/aromatic N) is 4. The van der Waals surface area contributed by atoms with Crippen molar-refractivity contribution in [1.29, 1.82) is 0 Å². The standard InChI is InChI=1S/C15H20N4O3/c1-11-4-12(2)6-13(5-11)17(3)9-15(20)10-18-8-14(7-16-18)19(21)22/h4-8,15,20H,9-10H2,1-3H3. The first-order valence-electron chi connectivity index (χ1n) is 6.99. The number of aliphatic hydroxyl groups excluding tert-OH is 1. The Morgan fingerprint density at radius 3 is 2.55 bits per heavy atom. The highest BCUT2D eigenvalue weighted by Gasteiger charge is 2.14. The zero-order valence-electron chi connectivity index (χ0n) is 12.9. The summed E-state index contributed by atoms with van der Waals surface area (Å²) in [4.78, 5) is 12.1. The maximum atomic E-state index is 10.6. The number of anilines is 1. The van der Waals surface area contributed by atoms with E-state index >= 15 is 0 Å². The Balaban J connectivity index is 1.98. The van der Waals surface area contributed by atoms with E-state index in [-0.39, 0.29) is 12.2 Å². The summed E-state index contributed by atoms with van der Waals surface area (Å²) in [5.41, 5.74) is 3.29. The second-order valence-corrected chi connectivity index (χ2v) is 5.56. The average Bonchev–Trinajstić information content (AvgIpc) is 2.86. The highest BCUT2D eigenvalue weighted by atomic mass is 16.6. The van der Waals surface area contributed by atoms with Crippen molar-refractivity contribution in [3.63, 3.8) is 0 Å². The van der Waals surface area contributed by atoms with Gasteiger partial charge in [-0.1, -0.05) is 6.07 Å². The van der Waals surface area contributed by atoms with E-state index in [1.165, 1.54) is 28.2 Å². The fourth-order valence-corrected chi connectivity index (χ4v) is 2.41. The molecule has 0 aliphatic heterocycles. The van der Waals surface area contributed by atoms with Crippen molar-refractivity contribution in [2.45, 2.75) is 26.5 Å². The number of hydrogen-bond donors (Lipinski definition) is 1. The zero-order chi connectivity index (χ0) is 16.3. The average molecular weight is 304 g/mol. The number of hydrogen-bond acceptors (Lipinski definition) is 5. The number of aliphatic hydroxyl groups is 1. The SMILES string of the molecule is Cc1cc(C)cc(N(C)CC(O)Cn2cc([N+](=O)[O-])cn2)c1. The van der Waals surface area contributed by atoms with Gasteiger partial charge in [-0.05, 0) is 37.1 Å². The van der Waals surface area contributed by atoms with Gasteiger partial charge in [-0.2, -0.15) is 5.10 Å². The van der Waals surface area contributed by atoms with Crippen molar-refractivity contribution >= 4 is 11.4 Å². The van der Waals surface area contributed by atoms with Crippen LogP contribution in [-0.2, 0) is 6.54 Å². The van der Waals surface area contributed by atoms with Gasteiger partial charge in [0.2, 0.25) is 0 Å². The molecule has 7 nitrogen and oxygen atoms in total. The fraction of sp³-hybridized carbons (Fsp3) is 0.400. The monoisotopic (exact) mass is 304 g/mol. The van der Waals surface area contributed by atoms with Crippen LogP contribution in [0.2, 0.25) is 0 Å². The molecule has 0 bridgehead atoms. The number of rotatable bonds is 6. The minimum atomic E-state index is -0.676. The van der Waals surface area contributed by atoms with E-state index in [4.69, 9.17) is 0 Å². The van der Waals surface area contributed by atoms with Crippen LogP contribution in [0.4, 0.5) is 11.4 Å². The molecule has 1 unspecified atom stereocenters. The number of aryl methyl sites for hydroxylation is 2. The molecule has 0 aliphatic rings. The van der Waals surface area contributed by atoms with Crippen LogP contribution in [0, 0.1) is 24.0 Å². The van der Waals surface area contributed by atoms with E-state index in [1.54, 1.807) is 0 Å². The van der Waals surface area contributed by atoms with Gasteiger partial charge >= 0.3 is 5.69 Å². The van der Waals surface area contributed by atoms with Crippen LogP contribution in [0.15, 0.2) is 30.6 Å². The summed E-state index contributed by atoms with van der Waals surface area (Å²) in [6.07, 6.45) is 1.82. The predicted molar refractivity (Wildman–Crippen MR) is 84.1 cm³/mol. The largest absolute Gasteiger partial charge is 0.389 e. The van der Waals surface area contributed by atoms with Crippen molar-refractivity contribution in [2.75, 3.05) is 18.5 Å². The van der Waals surface area contributed by atoms with Crippen molar-refractivity contribution in [3.8, 4) is 0 Å². The van der Waals surface area contributed by atoms with Crippen LogP contribution >= 0.6 is 0 Å². The van der Waals surface area contributed by atoms with Crippen molar-refractivity contribution in [1.82, 2.24) is 9.78 Å².